The number of hydrogen-bond donors (Lipinski definition) is 1. The van der Waals surface area contributed by atoms with Crippen molar-refractivity contribution in [3.8, 4) is 0 Å². The Balaban J connectivity index is 2.56. The number of aromatic amines is 1. The maximum absolute atomic E-state index is 13.1. The maximum atomic E-state index is 13.1. The Hall–Kier alpha value is -3.41. The number of nitrogens with one attached hydrogen (secondary N) is 1. The molecule has 0 atom stereocenters. The number of H-pyrrole nitrogens is 1. The van der Waals surface area contributed by atoms with Crippen LogP contribution in [0.25, 0.3) is 21.8 Å². The Morgan fingerprint density at radius 1 is 1.06 bits per heavy atom. The van der Waals surface area contributed by atoms with Gasteiger partial charge in [-0.3, -0.25) is 38.9 Å². The van der Waals surface area contributed by atoms with Crippen LogP contribution >= 0.6 is 7.60 Å². The number of rotatable bonds is 8. The predicted molar refractivity (Wildman–Crippen MR) is 111 cm³/mol. The third-order valence-electron chi connectivity index (χ3n) is 4.41. The minimum atomic E-state index is -3.93. The fraction of sp³-hybridized carbons (Fsp3) is 0.294. The first kappa shape index (κ1) is 22.3. The molecule has 3 rings (SSSR count). The van der Waals surface area contributed by atoms with E-state index in [1.165, 1.54) is 12.1 Å². The van der Waals surface area contributed by atoms with Gasteiger partial charge in [0, 0.05) is 12.1 Å². The summed E-state index contributed by atoms with van der Waals surface area (Å²) < 4.78 is 24.2. The van der Waals surface area contributed by atoms with Crippen molar-refractivity contribution >= 4 is 40.8 Å². The Morgan fingerprint density at radius 2 is 1.68 bits per heavy atom. The molecule has 164 valence electrons. The molecule has 0 unspecified atom stereocenters. The molecule has 0 aliphatic heterocycles. The second-order valence-electron chi connectivity index (χ2n) is 6.28. The van der Waals surface area contributed by atoms with Crippen LogP contribution in [-0.4, -0.2) is 32.6 Å². The molecule has 31 heavy (non-hydrogen) atoms. The van der Waals surface area contributed by atoms with Gasteiger partial charge in [0.05, 0.1) is 44.9 Å². The molecule has 0 fully saturated rings. The summed E-state index contributed by atoms with van der Waals surface area (Å²) in [5.41, 5.74) is -3.77. The van der Waals surface area contributed by atoms with E-state index in [1.807, 2.05) is 0 Å². The van der Waals surface area contributed by atoms with Crippen LogP contribution in [0.5, 0.6) is 0 Å². The lowest BCUT2D eigenvalue weighted by molar-refractivity contribution is -0.384. The second kappa shape index (κ2) is 8.38. The van der Waals surface area contributed by atoms with Gasteiger partial charge in [0.15, 0.2) is 0 Å². The van der Waals surface area contributed by atoms with Crippen molar-refractivity contribution in [1.29, 1.82) is 0 Å². The summed E-state index contributed by atoms with van der Waals surface area (Å²) in [6, 6.07) is 4.64. The summed E-state index contributed by atoms with van der Waals surface area (Å²) in [4.78, 5) is 48.8. The molecule has 1 heterocycles. The van der Waals surface area contributed by atoms with Crippen molar-refractivity contribution in [2.24, 2.45) is 0 Å². The van der Waals surface area contributed by atoms with Crippen molar-refractivity contribution in [2.45, 2.75) is 20.1 Å². The standard InChI is InChI=1S/C17H17N4O9P/c1-3-29-31(28,30-4-2)9-19-15-11(18-16(22)17(19)23)8-13(21(26)27)10-6-5-7-12(14(10)15)20(24)25/h5-8H,3-4,9H2,1-2H3,(H,18,22). The highest BCUT2D eigenvalue weighted by atomic mass is 31.2. The average Bonchev–Trinajstić information content (AvgIpc) is 2.70. The topological polar surface area (TPSA) is 177 Å². The first-order chi connectivity index (χ1) is 14.6. The van der Waals surface area contributed by atoms with Crippen LogP contribution in [0.2, 0.25) is 0 Å². The van der Waals surface area contributed by atoms with E-state index in [0.717, 1.165) is 16.7 Å². The highest BCUT2D eigenvalue weighted by Gasteiger charge is 2.30. The van der Waals surface area contributed by atoms with Crippen molar-refractivity contribution in [3.05, 3.63) is 65.2 Å². The van der Waals surface area contributed by atoms with Crippen LogP contribution in [0.4, 0.5) is 11.4 Å². The van der Waals surface area contributed by atoms with Gasteiger partial charge >= 0.3 is 18.7 Å². The highest BCUT2D eigenvalue weighted by Crippen LogP contribution is 2.50. The lowest BCUT2D eigenvalue weighted by atomic mass is 10.0. The van der Waals surface area contributed by atoms with Crippen molar-refractivity contribution in [1.82, 2.24) is 9.55 Å². The summed E-state index contributed by atoms with van der Waals surface area (Å²) in [5.74, 6) is 0. The normalized spacial score (nSPS) is 11.8. The monoisotopic (exact) mass is 452 g/mol. The zero-order valence-corrected chi connectivity index (χ0v) is 17.3. The van der Waals surface area contributed by atoms with Crippen molar-refractivity contribution in [3.63, 3.8) is 0 Å². The zero-order valence-electron chi connectivity index (χ0n) is 16.4. The van der Waals surface area contributed by atoms with Crippen LogP contribution in [0, 0.1) is 20.2 Å². The van der Waals surface area contributed by atoms with Gasteiger partial charge in [-0.15, -0.1) is 0 Å². The Labute approximate surface area is 173 Å². The van der Waals surface area contributed by atoms with Gasteiger partial charge in [0.1, 0.15) is 6.29 Å². The van der Waals surface area contributed by atoms with Gasteiger partial charge in [0.2, 0.25) is 0 Å². The third kappa shape index (κ3) is 3.98. The van der Waals surface area contributed by atoms with Gasteiger partial charge in [-0.25, -0.2) is 0 Å². The van der Waals surface area contributed by atoms with Gasteiger partial charge in [-0.1, -0.05) is 6.07 Å². The minimum Gasteiger partial charge on any atom is -0.316 e. The first-order valence-corrected chi connectivity index (χ1v) is 10.8. The number of nitro groups is 2. The zero-order chi connectivity index (χ0) is 22.9. The molecule has 13 nitrogen and oxygen atoms in total. The summed E-state index contributed by atoms with van der Waals surface area (Å²) in [7, 11) is -3.93. The molecule has 0 aliphatic carbocycles. The molecular formula is C17H17N4O9P. The third-order valence-corrected chi connectivity index (χ3v) is 6.34. The van der Waals surface area contributed by atoms with Crippen molar-refractivity contribution in [2.75, 3.05) is 13.2 Å². The number of nitro benzene ring substituents is 2. The number of nitrogens with zero attached hydrogens (tertiary/aromatic N) is 3. The smallest absolute Gasteiger partial charge is 0.316 e. The molecule has 0 saturated carbocycles. The average molecular weight is 452 g/mol. The molecule has 3 aromatic rings. The van der Waals surface area contributed by atoms with Gasteiger partial charge in [-0.05, 0) is 19.9 Å². The van der Waals surface area contributed by atoms with E-state index in [0.29, 0.717) is 0 Å². The highest BCUT2D eigenvalue weighted by molar-refractivity contribution is 7.52. The summed E-state index contributed by atoms with van der Waals surface area (Å²) in [5, 5.41) is 22.8. The molecule has 2 aromatic carbocycles. The summed E-state index contributed by atoms with van der Waals surface area (Å²) >= 11 is 0. The van der Waals surface area contributed by atoms with E-state index in [2.05, 4.69) is 4.98 Å². The molecule has 0 saturated heterocycles. The molecule has 0 radical (unpaired) electrons. The number of benzene rings is 2. The molecule has 14 heteroatoms. The maximum Gasteiger partial charge on any atom is 0.350 e. The fourth-order valence-corrected chi connectivity index (χ4v) is 4.96. The van der Waals surface area contributed by atoms with E-state index in [4.69, 9.17) is 9.05 Å². The van der Waals surface area contributed by atoms with Crippen LogP contribution < -0.4 is 11.1 Å². The Kier molecular flexibility index (Phi) is 6.02. The molecular weight excluding hydrogens is 435 g/mol. The number of hydrogen-bond acceptors (Lipinski definition) is 9. The first-order valence-electron chi connectivity index (χ1n) is 9.03. The molecule has 0 bridgehead atoms. The van der Waals surface area contributed by atoms with E-state index in [1.54, 1.807) is 13.8 Å². The SMILES string of the molecule is CCOP(=O)(Cn1c(=O)c(=O)[nH]c2cc([N+](=O)[O-])c3cccc([N+](=O)[O-])c3c21)OCC. The molecule has 1 aromatic heterocycles. The van der Waals surface area contributed by atoms with E-state index < -0.39 is 46.2 Å². The molecule has 0 amide bonds. The second-order valence-corrected chi connectivity index (χ2v) is 8.30. The molecule has 0 aliphatic rings. The van der Waals surface area contributed by atoms with Gasteiger partial charge < -0.3 is 14.0 Å². The fourth-order valence-electron chi connectivity index (χ4n) is 3.32. The quantitative estimate of drug-likeness (QED) is 0.177. The number of non-ortho nitro benzene ring substituents is 2. The minimum absolute atomic E-state index is 0.0283. The van der Waals surface area contributed by atoms with Gasteiger partial charge in [-0.2, -0.15) is 0 Å². The molecule has 0 spiro atoms. The van der Waals surface area contributed by atoms with Crippen LogP contribution in [-0.2, 0) is 19.9 Å². The van der Waals surface area contributed by atoms with E-state index >= 15 is 0 Å². The number of fused-ring (bicyclic) bond motifs is 3. The predicted octanol–water partition coefficient (Wildman–Crippen LogP) is 2.88. The van der Waals surface area contributed by atoms with E-state index in [-0.39, 0.29) is 35.0 Å². The van der Waals surface area contributed by atoms with E-state index in [9.17, 15) is 34.4 Å². The van der Waals surface area contributed by atoms with Crippen LogP contribution in [0.1, 0.15) is 13.8 Å². The Bertz CT molecular complexity index is 1370. The van der Waals surface area contributed by atoms with Crippen LogP contribution in [0.15, 0.2) is 33.9 Å². The lowest BCUT2D eigenvalue weighted by Gasteiger charge is -2.19. The van der Waals surface area contributed by atoms with Gasteiger partial charge in [0.25, 0.3) is 11.4 Å². The lowest BCUT2D eigenvalue weighted by Crippen LogP contribution is -2.36. The van der Waals surface area contributed by atoms with Crippen LogP contribution in [0.3, 0.4) is 0 Å². The number of aromatic nitrogens is 2. The molecule has 1 N–H and O–H groups in total. The summed E-state index contributed by atoms with van der Waals surface area (Å²) in [6.07, 6.45) is -0.715. The largest absolute Gasteiger partial charge is 0.350 e. The summed E-state index contributed by atoms with van der Waals surface area (Å²) in [6.45, 7) is 3.04. The Morgan fingerprint density at radius 3 is 2.23 bits per heavy atom. The van der Waals surface area contributed by atoms with Crippen molar-refractivity contribution < 1.29 is 23.5 Å².